The fourth-order valence-corrected chi connectivity index (χ4v) is 2.59. The third kappa shape index (κ3) is 3.06. The van der Waals surface area contributed by atoms with Crippen molar-refractivity contribution >= 4 is 5.97 Å². The number of carboxylic acid groups (broad SMARTS) is 1. The summed E-state index contributed by atoms with van der Waals surface area (Å²) in [5, 5.41) is 8.86. The number of rotatable bonds is 5. The van der Waals surface area contributed by atoms with Crippen molar-refractivity contribution in [2.75, 3.05) is 0 Å². The van der Waals surface area contributed by atoms with Gasteiger partial charge in [-0.1, -0.05) is 54.6 Å². The Morgan fingerprint density at radius 1 is 1.05 bits per heavy atom. The molecule has 1 aromatic heterocycles. The van der Waals surface area contributed by atoms with Crippen molar-refractivity contribution in [1.82, 2.24) is 9.55 Å². The molecule has 0 aliphatic carbocycles. The van der Waals surface area contributed by atoms with Gasteiger partial charge in [0.05, 0.1) is 18.8 Å². The summed E-state index contributed by atoms with van der Waals surface area (Å²) in [6, 6.07) is 17.9. The van der Waals surface area contributed by atoms with Crippen molar-refractivity contribution in [3.63, 3.8) is 0 Å². The molecule has 110 valence electrons. The van der Waals surface area contributed by atoms with Gasteiger partial charge in [0.25, 0.3) is 0 Å². The van der Waals surface area contributed by atoms with Gasteiger partial charge in [0.15, 0.2) is 0 Å². The van der Waals surface area contributed by atoms with Crippen LogP contribution in [0.15, 0.2) is 73.3 Å². The van der Waals surface area contributed by atoms with Crippen LogP contribution < -0.4 is 0 Å². The minimum absolute atomic E-state index is 0.0302. The van der Waals surface area contributed by atoms with Gasteiger partial charge in [-0.3, -0.25) is 4.79 Å². The Morgan fingerprint density at radius 2 is 1.73 bits per heavy atom. The van der Waals surface area contributed by atoms with E-state index in [-0.39, 0.29) is 12.5 Å². The lowest BCUT2D eigenvalue weighted by atomic mass is 9.97. The maximum atomic E-state index is 10.8. The lowest BCUT2D eigenvalue weighted by molar-refractivity contribution is -0.136. The average Bonchev–Trinajstić information content (AvgIpc) is 3.04. The van der Waals surface area contributed by atoms with Crippen LogP contribution in [0, 0.1) is 0 Å². The van der Waals surface area contributed by atoms with Crippen LogP contribution in [0.2, 0.25) is 0 Å². The van der Waals surface area contributed by atoms with Gasteiger partial charge in [-0.25, -0.2) is 4.98 Å². The van der Waals surface area contributed by atoms with Gasteiger partial charge in [-0.15, -0.1) is 0 Å². The molecule has 4 nitrogen and oxygen atoms in total. The summed E-state index contributed by atoms with van der Waals surface area (Å²) < 4.78 is 2.04. The van der Waals surface area contributed by atoms with Crippen molar-refractivity contribution < 1.29 is 9.90 Å². The maximum Gasteiger partial charge on any atom is 0.307 e. The van der Waals surface area contributed by atoms with Crippen LogP contribution in [0.5, 0.6) is 0 Å². The molecule has 0 saturated heterocycles. The highest BCUT2D eigenvalue weighted by Crippen LogP contribution is 2.26. The topological polar surface area (TPSA) is 55.1 Å². The lowest BCUT2D eigenvalue weighted by Crippen LogP contribution is -2.10. The molecule has 3 rings (SSSR count). The summed E-state index contributed by atoms with van der Waals surface area (Å²) in [7, 11) is 0. The van der Waals surface area contributed by atoms with Crippen LogP contribution in [-0.4, -0.2) is 20.6 Å². The monoisotopic (exact) mass is 292 g/mol. The Labute approximate surface area is 128 Å². The second kappa shape index (κ2) is 6.26. The summed E-state index contributed by atoms with van der Waals surface area (Å²) in [6.45, 7) is 0. The molecular weight excluding hydrogens is 276 g/mol. The van der Waals surface area contributed by atoms with E-state index in [0.29, 0.717) is 0 Å². The zero-order valence-corrected chi connectivity index (χ0v) is 12.0. The van der Waals surface area contributed by atoms with E-state index in [1.807, 2.05) is 53.2 Å². The summed E-state index contributed by atoms with van der Waals surface area (Å²) >= 11 is 0. The van der Waals surface area contributed by atoms with Gasteiger partial charge >= 0.3 is 5.97 Å². The van der Waals surface area contributed by atoms with E-state index in [0.717, 1.165) is 16.7 Å². The first kappa shape index (κ1) is 14.1. The number of carbonyl (C=O) groups is 1. The number of benzene rings is 2. The van der Waals surface area contributed by atoms with Crippen LogP contribution >= 0.6 is 0 Å². The van der Waals surface area contributed by atoms with Crippen molar-refractivity contribution in [1.29, 1.82) is 0 Å². The molecular formula is C18H16N2O2. The highest BCUT2D eigenvalue weighted by Gasteiger charge is 2.15. The van der Waals surface area contributed by atoms with Gasteiger partial charge in [-0.2, -0.15) is 0 Å². The minimum Gasteiger partial charge on any atom is -0.481 e. The zero-order valence-electron chi connectivity index (χ0n) is 12.0. The van der Waals surface area contributed by atoms with Crippen molar-refractivity contribution in [2.45, 2.75) is 12.5 Å². The molecule has 1 unspecified atom stereocenters. The molecule has 0 aliphatic heterocycles. The van der Waals surface area contributed by atoms with Crippen molar-refractivity contribution in [3.05, 3.63) is 90.0 Å². The molecule has 1 heterocycles. The summed E-state index contributed by atoms with van der Waals surface area (Å²) in [4.78, 5) is 14.9. The van der Waals surface area contributed by atoms with Crippen LogP contribution in [-0.2, 0) is 11.2 Å². The molecule has 0 radical (unpaired) electrons. The van der Waals surface area contributed by atoms with Gasteiger partial charge in [0.2, 0.25) is 0 Å². The molecule has 0 saturated carbocycles. The van der Waals surface area contributed by atoms with Gasteiger partial charge in [0.1, 0.15) is 0 Å². The predicted octanol–water partition coefficient (Wildman–Crippen LogP) is 3.15. The molecule has 4 heteroatoms. The summed E-state index contributed by atoms with van der Waals surface area (Å²) in [5.74, 6) is -0.818. The zero-order chi connectivity index (χ0) is 15.4. The molecule has 22 heavy (non-hydrogen) atoms. The van der Waals surface area contributed by atoms with E-state index in [4.69, 9.17) is 5.11 Å². The van der Waals surface area contributed by atoms with Crippen LogP contribution in [0.3, 0.4) is 0 Å². The van der Waals surface area contributed by atoms with E-state index in [2.05, 4.69) is 17.1 Å². The van der Waals surface area contributed by atoms with E-state index < -0.39 is 5.97 Å². The first-order chi connectivity index (χ1) is 10.7. The largest absolute Gasteiger partial charge is 0.481 e. The Balaban J connectivity index is 1.98. The fraction of sp³-hybridized carbons (Fsp3) is 0.111. The molecule has 3 aromatic rings. The predicted molar refractivity (Wildman–Crippen MR) is 83.7 cm³/mol. The number of aromatic nitrogens is 2. The second-order valence-corrected chi connectivity index (χ2v) is 5.14. The molecule has 0 aliphatic rings. The van der Waals surface area contributed by atoms with E-state index in [1.165, 1.54) is 0 Å². The smallest absolute Gasteiger partial charge is 0.307 e. The third-order valence-corrected chi connectivity index (χ3v) is 3.59. The molecule has 0 bridgehead atoms. The highest BCUT2D eigenvalue weighted by atomic mass is 16.4. The Bertz CT molecular complexity index is 735. The van der Waals surface area contributed by atoms with E-state index >= 15 is 0 Å². The summed E-state index contributed by atoms with van der Waals surface area (Å²) in [5.41, 5.74) is 3.05. The molecule has 1 atom stereocenters. The van der Waals surface area contributed by atoms with Gasteiger partial charge < -0.3 is 9.67 Å². The van der Waals surface area contributed by atoms with E-state index in [1.54, 1.807) is 12.5 Å². The maximum absolute atomic E-state index is 10.8. The van der Waals surface area contributed by atoms with Crippen LogP contribution in [0.1, 0.15) is 22.7 Å². The second-order valence-electron chi connectivity index (χ2n) is 5.14. The number of nitrogens with zero attached hydrogens (tertiary/aromatic N) is 2. The number of imidazole rings is 1. The van der Waals surface area contributed by atoms with Gasteiger partial charge in [0, 0.05) is 12.4 Å². The minimum atomic E-state index is -0.818. The van der Waals surface area contributed by atoms with Crippen molar-refractivity contribution in [2.24, 2.45) is 0 Å². The highest BCUT2D eigenvalue weighted by molar-refractivity contribution is 5.70. The van der Waals surface area contributed by atoms with Crippen LogP contribution in [0.4, 0.5) is 0 Å². The first-order valence-electron chi connectivity index (χ1n) is 7.07. The number of carboxylic acids is 1. The lowest BCUT2D eigenvalue weighted by Gasteiger charge is -2.20. The number of hydrogen-bond donors (Lipinski definition) is 1. The quantitative estimate of drug-likeness (QED) is 0.786. The van der Waals surface area contributed by atoms with Gasteiger partial charge in [-0.05, 0) is 16.7 Å². The SMILES string of the molecule is O=C(O)Cc1ccc(C(c2ccccc2)n2ccnc2)cc1. The van der Waals surface area contributed by atoms with E-state index in [9.17, 15) is 4.79 Å². The third-order valence-electron chi connectivity index (χ3n) is 3.59. The van der Waals surface area contributed by atoms with Crippen LogP contribution in [0.25, 0.3) is 0 Å². The Morgan fingerprint density at radius 3 is 2.32 bits per heavy atom. The molecule has 0 fully saturated rings. The molecule has 0 amide bonds. The fourth-order valence-electron chi connectivity index (χ4n) is 2.59. The first-order valence-corrected chi connectivity index (χ1v) is 7.07. The number of hydrogen-bond acceptors (Lipinski definition) is 2. The standard InChI is InChI=1S/C18H16N2O2/c21-17(22)12-14-6-8-16(9-7-14)18(20-11-10-19-13-20)15-4-2-1-3-5-15/h1-11,13,18H,12H2,(H,21,22). The van der Waals surface area contributed by atoms with Crippen molar-refractivity contribution in [3.8, 4) is 0 Å². The average molecular weight is 292 g/mol. The Hall–Kier alpha value is -2.88. The molecule has 0 spiro atoms. The molecule has 1 N–H and O–H groups in total. The molecule has 2 aromatic carbocycles. The summed E-state index contributed by atoms with van der Waals surface area (Å²) in [6.07, 6.45) is 5.53. The number of aliphatic carboxylic acids is 1. The Kier molecular flexibility index (Phi) is 4.01. The normalized spacial score (nSPS) is 12.0.